The summed E-state index contributed by atoms with van der Waals surface area (Å²) in [5.74, 6) is 1.57. The molecule has 0 atom stereocenters. The van der Waals surface area contributed by atoms with Crippen molar-refractivity contribution >= 4 is 23.3 Å². The summed E-state index contributed by atoms with van der Waals surface area (Å²) >= 11 is 1.62. The van der Waals surface area contributed by atoms with Gasteiger partial charge in [-0.1, -0.05) is 17.2 Å². The maximum absolute atomic E-state index is 12.1. The number of fused-ring (bicyclic) bond motifs is 1. The number of carbonyl (C=O) groups is 1. The molecule has 24 heavy (non-hydrogen) atoms. The van der Waals surface area contributed by atoms with Gasteiger partial charge in [-0.25, -0.2) is 0 Å². The Morgan fingerprint density at radius 2 is 2.12 bits per heavy atom. The maximum atomic E-state index is 12.1. The smallest absolute Gasteiger partial charge is 0.322 e. The van der Waals surface area contributed by atoms with Gasteiger partial charge in [0.05, 0.1) is 12.8 Å². The zero-order valence-corrected chi connectivity index (χ0v) is 13.3. The predicted molar refractivity (Wildman–Crippen MR) is 86.3 cm³/mol. The van der Waals surface area contributed by atoms with Gasteiger partial charge in [0.25, 0.3) is 0 Å². The standard InChI is InChI=1S/C16H13N3O4S/c20-14(7-10-3-4-12-13(6-10)22-9-21-12)17-16-19-18-15(23-16)8-11-2-1-5-24-11/h1-6H,7-9H2,(H,17,19,20). The van der Waals surface area contributed by atoms with E-state index in [0.29, 0.717) is 23.8 Å². The first-order valence-corrected chi connectivity index (χ1v) is 8.17. The van der Waals surface area contributed by atoms with Crippen LogP contribution in [-0.2, 0) is 17.6 Å². The average Bonchev–Trinajstić information content (AvgIpc) is 3.29. The molecule has 0 saturated heterocycles. The first kappa shape index (κ1) is 14.7. The Labute approximate surface area is 141 Å². The van der Waals surface area contributed by atoms with Crippen molar-refractivity contribution in [2.75, 3.05) is 12.1 Å². The van der Waals surface area contributed by atoms with E-state index in [9.17, 15) is 4.79 Å². The molecular weight excluding hydrogens is 330 g/mol. The molecular formula is C16H13N3O4S. The molecule has 1 aliphatic heterocycles. The molecule has 0 radical (unpaired) electrons. The molecule has 0 bridgehead atoms. The van der Waals surface area contributed by atoms with Crippen molar-refractivity contribution in [1.82, 2.24) is 10.2 Å². The number of benzene rings is 1. The predicted octanol–water partition coefficient (Wildman–Crippen LogP) is 2.63. The van der Waals surface area contributed by atoms with E-state index >= 15 is 0 Å². The van der Waals surface area contributed by atoms with Crippen LogP contribution in [0.2, 0.25) is 0 Å². The molecule has 3 heterocycles. The second-order valence-corrected chi connectivity index (χ2v) is 6.20. The van der Waals surface area contributed by atoms with Crippen LogP contribution in [0.25, 0.3) is 0 Å². The van der Waals surface area contributed by atoms with Crippen LogP contribution in [0.1, 0.15) is 16.3 Å². The molecule has 3 aromatic rings. The Morgan fingerprint density at radius 3 is 3.00 bits per heavy atom. The highest BCUT2D eigenvalue weighted by Gasteiger charge is 2.16. The van der Waals surface area contributed by atoms with Gasteiger partial charge >= 0.3 is 6.01 Å². The monoisotopic (exact) mass is 343 g/mol. The van der Waals surface area contributed by atoms with Crippen LogP contribution < -0.4 is 14.8 Å². The topological polar surface area (TPSA) is 86.5 Å². The van der Waals surface area contributed by atoms with E-state index < -0.39 is 0 Å². The fraction of sp³-hybridized carbons (Fsp3) is 0.188. The van der Waals surface area contributed by atoms with Crippen LogP contribution in [0.5, 0.6) is 11.5 Å². The number of rotatable bonds is 5. The summed E-state index contributed by atoms with van der Waals surface area (Å²) in [6.45, 7) is 0.208. The number of thiophene rings is 1. The van der Waals surface area contributed by atoms with Gasteiger partial charge in [-0.2, -0.15) is 0 Å². The van der Waals surface area contributed by atoms with Crippen molar-refractivity contribution in [2.24, 2.45) is 0 Å². The van der Waals surface area contributed by atoms with E-state index in [0.717, 1.165) is 10.4 Å². The SMILES string of the molecule is O=C(Cc1ccc2c(c1)OCO2)Nc1nnc(Cc2cccs2)o1. The minimum Gasteiger partial charge on any atom is -0.454 e. The van der Waals surface area contributed by atoms with Gasteiger partial charge in [0, 0.05) is 4.88 Å². The summed E-state index contributed by atoms with van der Waals surface area (Å²) < 4.78 is 16.0. The molecule has 1 aromatic carbocycles. The summed E-state index contributed by atoms with van der Waals surface area (Å²) in [4.78, 5) is 13.2. The van der Waals surface area contributed by atoms with E-state index in [2.05, 4.69) is 15.5 Å². The zero-order valence-electron chi connectivity index (χ0n) is 12.5. The third-order valence-electron chi connectivity index (χ3n) is 3.42. The van der Waals surface area contributed by atoms with Crippen molar-refractivity contribution < 1.29 is 18.7 Å². The molecule has 122 valence electrons. The number of ether oxygens (including phenoxy) is 2. The largest absolute Gasteiger partial charge is 0.454 e. The van der Waals surface area contributed by atoms with E-state index in [1.165, 1.54) is 0 Å². The van der Waals surface area contributed by atoms with Gasteiger partial charge in [0.1, 0.15) is 0 Å². The van der Waals surface area contributed by atoms with E-state index in [1.54, 1.807) is 23.5 Å². The van der Waals surface area contributed by atoms with Crippen molar-refractivity contribution in [3.8, 4) is 11.5 Å². The average molecular weight is 343 g/mol. The number of aromatic nitrogens is 2. The number of hydrogen-bond acceptors (Lipinski definition) is 7. The van der Waals surface area contributed by atoms with Crippen molar-refractivity contribution in [3.05, 3.63) is 52.0 Å². The van der Waals surface area contributed by atoms with Crippen molar-refractivity contribution in [2.45, 2.75) is 12.8 Å². The molecule has 4 rings (SSSR count). The summed E-state index contributed by atoms with van der Waals surface area (Å²) in [6.07, 6.45) is 0.738. The normalized spacial score (nSPS) is 12.3. The lowest BCUT2D eigenvalue weighted by atomic mass is 10.1. The number of nitrogens with one attached hydrogen (secondary N) is 1. The molecule has 7 nitrogen and oxygen atoms in total. The first-order chi connectivity index (χ1) is 11.8. The van der Waals surface area contributed by atoms with Gasteiger partial charge < -0.3 is 13.9 Å². The van der Waals surface area contributed by atoms with Crippen LogP contribution in [0.3, 0.4) is 0 Å². The second kappa shape index (κ2) is 6.32. The fourth-order valence-electron chi connectivity index (χ4n) is 2.34. The third-order valence-corrected chi connectivity index (χ3v) is 4.30. The fourth-order valence-corrected chi connectivity index (χ4v) is 3.03. The van der Waals surface area contributed by atoms with Crippen LogP contribution in [0, 0.1) is 0 Å². The Balaban J connectivity index is 1.37. The van der Waals surface area contributed by atoms with Crippen LogP contribution >= 0.6 is 11.3 Å². The summed E-state index contributed by atoms with van der Waals surface area (Å²) in [5.41, 5.74) is 0.815. The Morgan fingerprint density at radius 1 is 1.21 bits per heavy atom. The highest BCUT2D eigenvalue weighted by atomic mass is 32.1. The van der Waals surface area contributed by atoms with Gasteiger partial charge in [0.2, 0.25) is 18.6 Å². The lowest BCUT2D eigenvalue weighted by molar-refractivity contribution is -0.115. The number of anilines is 1. The molecule has 2 aromatic heterocycles. The highest BCUT2D eigenvalue weighted by Crippen LogP contribution is 2.32. The van der Waals surface area contributed by atoms with Crippen LogP contribution in [0.4, 0.5) is 6.01 Å². The third kappa shape index (κ3) is 3.23. The van der Waals surface area contributed by atoms with Crippen molar-refractivity contribution in [1.29, 1.82) is 0 Å². The summed E-state index contributed by atoms with van der Waals surface area (Å²) in [7, 11) is 0. The Hall–Kier alpha value is -2.87. The maximum Gasteiger partial charge on any atom is 0.322 e. The number of amides is 1. The van der Waals surface area contributed by atoms with Crippen LogP contribution in [0.15, 0.2) is 40.1 Å². The van der Waals surface area contributed by atoms with Gasteiger partial charge in [-0.15, -0.1) is 16.4 Å². The molecule has 8 heteroatoms. The zero-order chi connectivity index (χ0) is 16.4. The van der Waals surface area contributed by atoms with E-state index in [4.69, 9.17) is 13.9 Å². The summed E-state index contributed by atoms with van der Waals surface area (Å²) in [6, 6.07) is 9.46. The Bertz CT molecular complexity index is 860. The summed E-state index contributed by atoms with van der Waals surface area (Å²) in [5, 5.41) is 12.4. The highest BCUT2D eigenvalue weighted by molar-refractivity contribution is 7.09. The number of carbonyl (C=O) groups excluding carboxylic acids is 1. The molecule has 0 spiro atoms. The molecule has 1 amide bonds. The Kier molecular flexibility index (Phi) is 3.87. The molecule has 0 aliphatic carbocycles. The lowest BCUT2D eigenvalue weighted by Gasteiger charge is -2.02. The van der Waals surface area contributed by atoms with Gasteiger partial charge in [-0.05, 0) is 29.1 Å². The quantitative estimate of drug-likeness (QED) is 0.766. The van der Waals surface area contributed by atoms with Crippen LogP contribution in [-0.4, -0.2) is 22.9 Å². The van der Waals surface area contributed by atoms with Crippen molar-refractivity contribution in [3.63, 3.8) is 0 Å². The molecule has 1 aliphatic rings. The minimum absolute atomic E-state index is 0.104. The molecule has 0 saturated carbocycles. The number of nitrogens with zero attached hydrogens (tertiary/aromatic N) is 2. The second-order valence-electron chi connectivity index (χ2n) is 5.17. The van der Waals surface area contributed by atoms with Gasteiger partial charge in [-0.3, -0.25) is 10.1 Å². The van der Waals surface area contributed by atoms with E-state index in [-0.39, 0.29) is 25.1 Å². The first-order valence-electron chi connectivity index (χ1n) is 7.29. The van der Waals surface area contributed by atoms with E-state index in [1.807, 2.05) is 23.6 Å². The lowest BCUT2D eigenvalue weighted by Crippen LogP contribution is -2.14. The molecule has 0 fully saturated rings. The molecule has 0 unspecified atom stereocenters. The van der Waals surface area contributed by atoms with Gasteiger partial charge in [0.15, 0.2) is 11.5 Å². The number of hydrogen-bond donors (Lipinski definition) is 1. The minimum atomic E-state index is -0.236. The molecule has 1 N–H and O–H groups in total.